The minimum absolute atomic E-state index is 0.657. The summed E-state index contributed by atoms with van der Waals surface area (Å²) in [6.07, 6.45) is 0. The van der Waals surface area contributed by atoms with Crippen LogP contribution in [0.15, 0.2) is 191 Å². The lowest BCUT2D eigenvalue weighted by molar-refractivity contribution is 0.668. The third kappa shape index (κ3) is 4.63. The molecule has 0 saturated heterocycles. The van der Waals surface area contributed by atoms with Gasteiger partial charge in [-0.15, -0.1) is 0 Å². The van der Waals surface area contributed by atoms with Crippen molar-refractivity contribution in [2.75, 3.05) is 0 Å². The van der Waals surface area contributed by atoms with Gasteiger partial charge in [0.05, 0.1) is 28.2 Å². The lowest BCUT2D eigenvalue weighted by Gasteiger charge is -2.08. The van der Waals surface area contributed by atoms with Gasteiger partial charge in [0.2, 0.25) is 0 Å². The Hall–Kier alpha value is -8.39. The highest BCUT2D eigenvalue weighted by Gasteiger charge is 2.21. The van der Waals surface area contributed by atoms with E-state index in [-0.39, 0.29) is 0 Å². The molecule has 4 heteroatoms. The van der Waals surface area contributed by atoms with E-state index in [2.05, 4.69) is 156 Å². The monoisotopic (exact) mass is 774 g/mol. The summed E-state index contributed by atoms with van der Waals surface area (Å²) in [7, 11) is 0. The molecular weight excluding hydrogens is 745 g/mol. The molecule has 0 aliphatic carbocycles. The molecule has 4 nitrogen and oxygen atoms in total. The van der Waals surface area contributed by atoms with E-state index in [4.69, 9.17) is 8.83 Å². The minimum atomic E-state index is 0.657. The van der Waals surface area contributed by atoms with Gasteiger partial charge in [0.25, 0.3) is 0 Å². The number of hydrogen-bond donors (Lipinski definition) is 0. The lowest BCUT2D eigenvalue weighted by atomic mass is 9.95. The van der Waals surface area contributed by atoms with E-state index in [1.54, 1.807) is 0 Å². The average Bonchev–Trinajstić information content (AvgIpc) is 4.06. The second kappa shape index (κ2) is 11.9. The third-order valence-electron chi connectivity index (χ3n) is 13.1. The van der Waals surface area contributed by atoms with Gasteiger partial charge in [-0.25, -0.2) is 0 Å². The molecule has 280 valence electrons. The Balaban J connectivity index is 1.00. The van der Waals surface area contributed by atoms with Crippen molar-refractivity contribution in [2.45, 2.75) is 0 Å². The average molecular weight is 775 g/mol. The van der Waals surface area contributed by atoms with E-state index in [1.165, 1.54) is 70.8 Å². The number of nitriles is 1. The van der Waals surface area contributed by atoms with Gasteiger partial charge in [-0.1, -0.05) is 84.9 Å². The van der Waals surface area contributed by atoms with Gasteiger partial charge in [0.15, 0.2) is 0 Å². The SMILES string of the molecule is N#Cc1ccc(-c2cc3c4cc5ccc(-c6ccc7oc8ccccc8c7c6)cc5cc4n4c5cc6cc(-c7ccc8oc9ccccc9c8c7)ccc6cc5c(c2)c34)cc1. The first-order valence-electron chi connectivity index (χ1n) is 20.6. The largest absolute Gasteiger partial charge is 0.456 e. The Morgan fingerprint density at radius 3 is 1.30 bits per heavy atom. The molecule has 4 aromatic heterocycles. The quantitative estimate of drug-likeness (QED) is 0.180. The molecule has 14 aromatic rings. The van der Waals surface area contributed by atoms with Crippen LogP contribution in [0.5, 0.6) is 0 Å². The van der Waals surface area contributed by atoms with Gasteiger partial charge < -0.3 is 13.2 Å². The second-order valence-corrected chi connectivity index (χ2v) is 16.4. The van der Waals surface area contributed by atoms with E-state index >= 15 is 0 Å². The van der Waals surface area contributed by atoms with Crippen molar-refractivity contribution in [2.24, 2.45) is 0 Å². The Morgan fingerprint density at radius 2 is 0.770 bits per heavy atom. The number of fused-ring (bicyclic) bond motifs is 14. The fraction of sp³-hybridized carbons (Fsp3) is 0. The van der Waals surface area contributed by atoms with E-state index in [9.17, 15) is 5.26 Å². The molecule has 14 rings (SSSR count). The highest BCUT2D eigenvalue weighted by atomic mass is 16.3. The summed E-state index contributed by atoms with van der Waals surface area (Å²) in [5.41, 5.74) is 14.7. The molecule has 0 unspecified atom stereocenters. The lowest BCUT2D eigenvalue weighted by Crippen LogP contribution is -1.84. The van der Waals surface area contributed by atoms with Crippen molar-refractivity contribution in [1.82, 2.24) is 4.40 Å². The van der Waals surface area contributed by atoms with E-state index < -0.39 is 0 Å². The number of para-hydroxylation sites is 2. The van der Waals surface area contributed by atoms with Crippen molar-refractivity contribution in [1.29, 1.82) is 5.26 Å². The fourth-order valence-corrected chi connectivity index (χ4v) is 10.1. The molecule has 61 heavy (non-hydrogen) atoms. The number of furan rings is 2. The predicted molar refractivity (Wildman–Crippen MR) is 252 cm³/mol. The van der Waals surface area contributed by atoms with Crippen LogP contribution in [0.3, 0.4) is 0 Å². The summed E-state index contributed by atoms with van der Waals surface area (Å²) in [6.45, 7) is 0. The van der Waals surface area contributed by atoms with Crippen LogP contribution < -0.4 is 0 Å². The molecule has 0 radical (unpaired) electrons. The second-order valence-electron chi connectivity index (χ2n) is 16.4. The van der Waals surface area contributed by atoms with Crippen LogP contribution in [0.1, 0.15) is 5.56 Å². The fourth-order valence-electron chi connectivity index (χ4n) is 10.1. The number of aromatic nitrogens is 1. The molecule has 0 spiro atoms. The van der Waals surface area contributed by atoms with Crippen LogP contribution in [0, 0.1) is 11.3 Å². The number of benzene rings is 10. The smallest absolute Gasteiger partial charge is 0.135 e. The highest BCUT2D eigenvalue weighted by Crippen LogP contribution is 2.45. The molecule has 0 fully saturated rings. The zero-order chi connectivity index (χ0) is 39.9. The zero-order valence-electron chi connectivity index (χ0n) is 32.5. The van der Waals surface area contributed by atoms with E-state index in [1.807, 2.05) is 36.4 Å². The summed E-state index contributed by atoms with van der Waals surface area (Å²) in [4.78, 5) is 0. The summed E-state index contributed by atoms with van der Waals surface area (Å²) in [5.74, 6) is 0. The molecule has 10 aromatic carbocycles. The topological polar surface area (TPSA) is 54.5 Å². The molecular formula is C57H30N2O2. The van der Waals surface area contributed by atoms with Gasteiger partial charge in [-0.3, -0.25) is 0 Å². The first-order valence-corrected chi connectivity index (χ1v) is 20.6. The van der Waals surface area contributed by atoms with Crippen LogP contribution >= 0.6 is 0 Å². The maximum absolute atomic E-state index is 9.55. The molecule has 0 aliphatic heterocycles. The standard InChI is InChI=1S/C57H30N2O2/c58-31-32-9-11-33(12-10-32)42-27-49-45-23-38-15-13-34(36-17-19-55-47(25-36)43-5-1-3-7-53(43)60-55)21-40(38)29-51(45)59-52-30-41-22-35(14-16-39(41)24-46(52)50(28-42)57(49)59)37-18-20-56-48(26-37)44-6-2-4-8-54(44)61-56/h1-30H. The maximum Gasteiger partial charge on any atom is 0.135 e. The molecule has 0 aliphatic rings. The summed E-state index contributed by atoms with van der Waals surface area (Å²) in [5, 5.41) is 23.7. The van der Waals surface area contributed by atoms with Gasteiger partial charge in [0, 0.05) is 43.1 Å². The molecule has 4 heterocycles. The van der Waals surface area contributed by atoms with Gasteiger partial charge >= 0.3 is 0 Å². The first-order chi connectivity index (χ1) is 30.1. The number of nitrogens with zero attached hydrogens (tertiary/aromatic N) is 2. The highest BCUT2D eigenvalue weighted by molar-refractivity contribution is 6.27. The van der Waals surface area contributed by atoms with Crippen molar-refractivity contribution in [3.63, 3.8) is 0 Å². The van der Waals surface area contributed by atoms with Crippen molar-refractivity contribution < 1.29 is 8.83 Å². The van der Waals surface area contributed by atoms with Crippen molar-refractivity contribution in [3.05, 3.63) is 188 Å². The minimum Gasteiger partial charge on any atom is -0.456 e. The van der Waals surface area contributed by atoms with Crippen LogP contribution in [-0.4, -0.2) is 4.40 Å². The maximum atomic E-state index is 9.55. The Morgan fingerprint density at radius 1 is 0.328 bits per heavy atom. The predicted octanol–water partition coefficient (Wildman–Crippen LogP) is 15.8. The van der Waals surface area contributed by atoms with Crippen LogP contribution in [0.25, 0.3) is 137 Å². The van der Waals surface area contributed by atoms with Crippen molar-refractivity contribution >= 4 is 104 Å². The molecule has 0 amide bonds. The molecule has 0 bridgehead atoms. The molecule has 0 saturated carbocycles. The van der Waals surface area contributed by atoms with Gasteiger partial charge in [0.1, 0.15) is 22.3 Å². The Bertz CT molecular complexity index is 3990. The Labute approximate surface area is 347 Å². The normalized spacial score (nSPS) is 12.2. The van der Waals surface area contributed by atoms with Crippen LogP contribution in [0.2, 0.25) is 0 Å². The van der Waals surface area contributed by atoms with Crippen LogP contribution in [-0.2, 0) is 0 Å². The van der Waals surface area contributed by atoms with E-state index in [0.29, 0.717) is 5.56 Å². The van der Waals surface area contributed by atoms with E-state index in [0.717, 1.165) is 66.1 Å². The van der Waals surface area contributed by atoms with Crippen LogP contribution in [0.4, 0.5) is 0 Å². The van der Waals surface area contributed by atoms with Gasteiger partial charge in [-0.05, 0) is 152 Å². The zero-order valence-corrected chi connectivity index (χ0v) is 32.5. The summed E-state index contributed by atoms with van der Waals surface area (Å²) in [6, 6.07) is 67.6. The Kier molecular flexibility index (Phi) is 6.33. The molecule has 0 N–H and O–H groups in total. The number of hydrogen-bond acceptors (Lipinski definition) is 3. The third-order valence-corrected chi connectivity index (χ3v) is 13.1. The van der Waals surface area contributed by atoms with Crippen molar-refractivity contribution in [3.8, 4) is 39.4 Å². The molecule has 0 atom stereocenters. The van der Waals surface area contributed by atoms with Gasteiger partial charge in [-0.2, -0.15) is 5.26 Å². The summed E-state index contributed by atoms with van der Waals surface area (Å²) < 4.78 is 14.8. The summed E-state index contributed by atoms with van der Waals surface area (Å²) >= 11 is 0. The number of rotatable bonds is 3. The first kappa shape index (κ1) is 32.6.